The molecule has 0 radical (unpaired) electrons. The second-order valence-electron chi connectivity index (χ2n) is 8.29. The van der Waals surface area contributed by atoms with Crippen molar-refractivity contribution in [3.63, 3.8) is 0 Å². The van der Waals surface area contributed by atoms with Crippen LogP contribution in [0, 0.1) is 0 Å². The predicted octanol–water partition coefficient (Wildman–Crippen LogP) is 5.20. The normalized spacial score (nSPS) is 19.3. The summed E-state index contributed by atoms with van der Waals surface area (Å²) >= 11 is 6.08. The van der Waals surface area contributed by atoms with Crippen molar-refractivity contribution in [1.29, 1.82) is 0 Å². The lowest BCUT2D eigenvalue weighted by Gasteiger charge is -2.38. The van der Waals surface area contributed by atoms with E-state index in [0.717, 1.165) is 44.1 Å². The lowest BCUT2D eigenvalue weighted by Crippen LogP contribution is -2.48. The van der Waals surface area contributed by atoms with Gasteiger partial charge in [-0.05, 0) is 55.5 Å². The zero-order chi connectivity index (χ0) is 20.6. The summed E-state index contributed by atoms with van der Waals surface area (Å²) in [6.45, 7) is 1.41. The Morgan fingerprint density at radius 1 is 1.07 bits per heavy atom. The molecule has 156 valence electrons. The van der Waals surface area contributed by atoms with Crippen molar-refractivity contribution in [3.05, 3.63) is 59.1 Å². The van der Waals surface area contributed by atoms with E-state index < -0.39 is 5.41 Å². The Morgan fingerprint density at radius 3 is 2.47 bits per heavy atom. The highest BCUT2D eigenvalue weighted by Gasteiger charge is 2.45. The van der Waals surface area contributed by atoms with Crippen LogP contribution < -0.4 is 0 Å². The summed E-state index contributed by atoms with van der Waals surface area (Å²) in [6, 6.07) is 11.4. The number of halogens is 1. The molecule has 1 amide bonds. The number of hydrogen-bond donors (Lipinski definition) is 0. The quantitative estimate of drug-likeness (QED) is 0.574. The van der Waals surface area contributed by atoms with Crippen LogP contribution in [0.25, 0.3) is 11.7 Å². The molecular weight excluding hydrogens is 402 g/mol. The summed E-state index contributed by atoms with van der Waals surface area (Å²) in [5.74, 6) is 2.03. The molecule has 1 aromatic carbocycles. The summed E-state index contributed by atoms with van der Waals surface area (Å²) in [4.78, 5) is 15.7. The maximum Gasteiger partial charge on any atom is 0.283 e. The molecule has 0 spiro atoms. The van der Waals surface area contributed by atoms with Gasteiger partial charge >= 0.3 is 0 Å². The van der Waals surface area contributed by atoms with Gasteiger partial charge in [-0.3, -0.25) is 4.79 Å². The largest absolute Gasteiger partial charge is 0.459 e. The van der Waals surface area contributed by atoms with E-state index in [9.17, 15) is 4.79 Å². The molecule has 5 rings (SSSR count). The highest BCUT2D eigenvalue weighted by atomic mass is 35.5. The number of hydrogen-bond acceptors (Lipinski definition) is 5. The van der Waals surface area contributed by atoms with E-state index in [0.29, 0.717) is 35.7 Å². The van der Waals surface area contributed by atoms with Crippen molar-refractivity contribution in [1.82, 2.24) is 15.1 Å². The molecule has 1 aliphatic heterocycles. The Hall–Kier alpha value is -2.60. The van der Waals surface area contributed by atoms with Crippen molar-refractivity contribution in [2.24, 2.45) is 0 Å². The zero-order valence-corrected chi connectivity index (χ0v) is 17.5. The number of benzene rings is 1. The topological polar surface area (TPSA) is 72.4 Å². The van der Waals surface area contributed by atoms with Gasteiger partial charge in [0.25, 0.3) is 5.89 Å². The average Bonchev–Trinajstić information content (AvgIpc) is 3.55. The number of piperidine rings is 1. The molecule has 1 saturated carbocycles. The van der Waals surface area contributed by atoms with Gasteiger partial charge in [0.1, 0.15) is 0 Å². The van der Waals surface area contributed by atoms with E-state index in [1.54, 1.807) is 18.4 Å². The van der Waals surface area contributed by atoms with Gasteiger partial charge in [-0.2, -0.15) is 0 Å². The Labute approximate surface area is 180 Å². The minimum absolute atomic E-state index is 0.167. The number of furan rings is 1. The van der Waals surface area contributed by atoms with Crippen molar-refractivity contribution < 1.29 is 13.6 Å². The molecule has 2 aromatic heterocycles. The molecule has 6 nitrogen and oxygen atoms in total. The van der Waals surface area contributed by atoms with Crippen molar-refractivity contribution in [3.8, 4) is 11.7 Å². The lowest BCUT2D eigenvalue weighted by atomic mass is 9.77. The SMILES string of the molecule is O=C(N1CCC(c2nnc(-c3ccco3)o2)CC1)C1(c2ccc(Cl)cc2)CCCC1. The molecule has 3 heterocycles. The van der Waals surface area contributed by atoms with Gasteiger partial charge in [-0.15, -0.1) is 10.2 Å². The number of likely N-dealkylation sites (tertiary alicyclic amines) is 1. The second-order valence-corrected chi connectivity index (χ2v) is 8.72. The third kappa shape index (κ3) is 3.43. The molecule has 2 fully saturated rings. The number of carbonyl (C=O) groups excluding carboxylic acids is 1. The van der Waals surface area contributed by atoms with Crippen LogP contribution in [0.2, 0.25) is 5.02 Å². The maximum atomic E-state index is 13.6. The molecule has 0 N–H and O–H groups in total. The lowest BCUT2D eigenvalue weighted by molar-refractivity contribution is -0.138. The Bertz CT molecular complexity index is 999. The maximum absolute atomic E-state index is 13.6. The monoisotopic (exact) mass is 425 g/mol. The van der Waals surface area contributed by atoms with Gasteiger partial charge in [0.2, 0.25) is 11.8 Å². The van der Waals surface area contributed by atoms with E-state index in [1.165, 1.54) is 0 Å². The third-order valence-corrected chi connectivity index (χ3v) is 6.82. The van der Waals surface area contributed by atoms with Crippen LogP contribution in [0.5, 0.6) is 0 Å². The zero-order valence-electron chi connectivity index (χ0n) is 16.7. The smallest absolute Gasteiger partial charge is 0.283 e. The fraction of sp³-hybridized carbons (Fsp3) is 0.435. The Kier molecular flexibility index (Phi) is 5.11. The molecule has 0 unspecified atom stereocenters. The number of amides is 1. The second kappa shape index (κ2) is 7.91. The van der Waals surface area contributed by atoms with Crippen molar-refractivity contribution in [2.75, 3.05) is 13.1 Å². The molecule has 2 aliphatic rings. The average molecular weight is 426 g/mol. The standard InChI is InChI=1S/C23H24ClN3O3/c24-18-7-5-17(6-8-18)23(11-1-2-12-23)22(28)27-13-9-16(10-14-27)20-25-26-21(30-20)19-4-3-15-29-19/h3-8,15-16H,1-2,9-14H2. The van der Waals surface area contributed by atoms with Gasteiger partial charge in [-0.1, -0.05) is 36.6 Å². The molecule has 1 saturated heterocycles. The number of aromatic nitrogens is 2. The Morgan fingerprint density at radius 2 is 1.80 bits per heavy atom. The first-order valence-electron chi connectivity index (χ1n) is 10.6. The van der Waals surface area contributed by atoms with Crippen molar-refractivity contribution >= 4 is 17.5 Å². The molecule has 3 aromatic rings. The van der Waals surface area contributed by atoms with Crippen LogP contribution in [0.4, 0.5) is 0 Å². The minimum Gasteiger partial charge on any atom is -0.459 e. The Balaban J connectivity index is 1.29. The number of carbonyl (C=O) groups is 1. The van der Waals surface area contributed by atoms with Crippen LogP contribution in [0.1, 0.15) is 55.9 Å². The fourth-order valence-electron chi connectivity index (χ4n) is 4.91. The van der Waals surface area contributed by atoms with E-state index in [1.807, 2.05) is 29.2 Å². The van der Waals surface area contributed by atoms with Gasteiger partial charge in [0.15, 0.2) is 5.76 Å². The van der Waals surface area contributed by atoms with Crippen LogP contribution in [-0.2, 0) is 10.2 Å². The van der Waals surface area contributed by atoms with Gasteiger partial charge in [0.05, 0.1) is 11.7 Å². The van der Waals surface area contributed by atoms with E-state index in [2.05, 4.69) is 10.2 Å². The van der Waals surface area contributed by atoms with Crippen LogP contribution in [0.3, 0.4) is 0 Å². The first kappa shape index (κ1) is 19.4. The van der Waals surface area contributed by atoms with E-state index in [4.69, 9.17) is 20.4 Å². The summed E-state index contributed by atoms with van der Waals surface area (Å²) in [7, 11) is 0. The van der Waals surface area contributed by atoms with Gasteiger partial charge in [0, 0.05) is 24.0 Å². The van der Waals surface area contributed by atoms with E-state index in [-0.39, 0.29) is 11.8 Å². The molecular formula is C23H24ClN3O3. The molecule has 7 heteroatoms. The first-order valence-corrected chi connectivity index (χ1v) is 11.0. The summed E-state index contributed by atoms with van der Waals surface area (Å²) < 4.78 is 11.2. The minimum atomic E-state index is -0.408. The molecule has 1 aliphatic carbocycles. The number of rotatable bonds is 4. The molecule has 0 bridgehead atoms. The molecule has 0 atom stereocenters. The predicted molar refractivity (Wildman–Crippen MR) is 112 cm³/mol. The summed E-state index contributed by atoms with van der Waals surface area (Å²) in [5, 5.41) is 9.03. The van der Waals surface area contributed by atoms with Crippen molar-refractivity contribution in [2.45, 2.75) is 49.9 Å². The molecule has 30 heavy (non-hydrogen) atoms. The van der Waals surface area contributed by atoms with Crippen LogP contribution in [-0.4, -0.2) is 34.1 Å². The van der Waals surface area contributed by atoms with Crippen LogP contribution >= 0.6 is 11.6 Å². The highest BCUT2D eigenvalue weighted by Crippen LogP contribution is 2.44. The van der Waals surface area contributed by atoms with Crippen LogP contribution in [0.15, 0.2) is 51.5 Å². The van der Waals surface area contributed by atoms with E-state index >= 15 is 0 Å². The fourth-order valence-corrected chi connectivity index (χ4v) is 5.03. The summed E-state index contributed by atoms with van der Waals surface area (Å²) in [6.07, 6.45) is 7.21. The van der Waals surface area contributed by atoms with Gasteiger partial charge < -0.3 is 13.7 Å². The van der Waals surface area contributed by atoms with Gasteiger partial charge in [-0.25, -0.2) is 0 Å². The first-order chi connectivity index (χ1) is 14.7. The number of nitrogens with zero attached hydrogens (tertiary/aromatic N) is 3. The summed E-state index contributed by atoms with van der Waals surface area (Å²) in [5.41, 5.74) is 0.686. The third-order valence-electron chi connectivity index (χ3n) is 6.57. The highest BCUT2D eigenvalue weighted by molar-refractivity contribution is 6.30.